The van der Waals surface area contributed by atoms with E-state index in [4.69, 9.17) is 8.85 Å². The molecular weight excluding hydrogens is 501 g/mol. The van der Waals surface area contributed by atoms with Gasteiger partial charge in [0, 0.05) is 6.42 Å². The Labute approximate surface area is 237 Å². The Kier molecular flexibility index (Phi) is 9.14. The highest BCUT2D eigenvalue weighted by atomic mass is 28.4. The Morgan fingerprint density at radius 1 is 0.947 bits per heavy atom. The summed E-state index contributed by atoms with van der Waals surface area (Å²) in [7, 11) is -3.89. The predicted molar refractivity (Wildman–Crippen MR) is 169 cm³/mol. The normalized spacial score (nSPS) is 34.9. The van der Waals surface area contributed by atoms with Gasteiger partial charge in [0.1, 0.15) is 0 Å². The van der Waals surface area contributed by atoms with Gasteiger partial charge in [-0.15, -0.1) is 0 Å². The third kappa shape index (κ3) is 6.27. The lowest BCUT2D eigenvalue weighted by molar-refractivity contribution is 0.0970. The summed E-state index contributed by atoms with van der Waals surface area (Å²) in [5.74, 6) is 0.421. The molecule has 3 nitrogen and oxygen atoms in total. The van der Waals surface area contributed by atoms with Crippen LogP contribution in [0.1, 0.15) is 93.9 Å². The largest absolute Gasteiger partial charge is 0.413 e. The van der Waals surface area contributed by atoms with Gasteiger partial charge in [0.2, 0.25) is 0 Å². The first kappa shape index (κ1) is 31.8. The van der Waals surface area contributed by atoms with E-state index in [-0.39, 0.29) is 33.8 Å². The van der Waals surface area contributed by atoms with E-state index in [2.05, 4.69) is 106 Å². The Bertz CT molecular complexity index is 989. The van der Waals surface area contributed by atoms with Crippen molar-refractivity contribution in [3.05, 3.63) is 47.1 Å². The monoisotopic (exact) mass is 558 g/mol. The summed E-state index contributed by atoms with van der Waals surface area (Å²) in [6, 6.07) is 0. The van der Waals surface area contributed by atoms with E-state index in [9.17, 15) is 5.11 Å². The topological polar surface area (TPSA) is 38.7 Å². The van der Waals surface area contributed by atoms with Crippen LogP contribution in [-0.4, -0.2) is 40.1 Å². The molecule has 0 saturated heterocycles. The molecule has 3 aliphatic rings. The molecule has 3 aliphatic carbocycles. The smallest absolute Gasteiger partial charge is 0.192 e. The van der Waals surface area contributed by atoms with Gasteiger partial charge in [-0.1, -0.05) is 78.8 Å². The summed E-state index contributed by atoms with van der Waals surface area (Å²) in [4.78, 5) is 0. The maximum absolute atomic E-state index is 10.8. The molecule has 0 amide bonds. The fourth-order valence-corrected chi connectivity index (χ4v) is 9.06. The van der Waals surface area contributed by atoms with E-state index in [0.29, 0.717) is 5.92 Å². The van der Waals surface area contributed by atoms with Gasteiger partial charge in [0.05, 0.1) is 18.3 Å². The molecule has 0 aliphatic heterocycles. The Balaban J connectivity index is 1.95. The van der Waals surface area contributed by atoms with Crippen LogP contribution in [0.15, 0.2) is 47.1 Å². The third-order valence-corrected chi connectivity index (χ3v) is 19.9. The van der Waals surface area contributed by atoms with Crippen LogP contribution in [0.25, 0.3) is 0 Å². The van der Waals surface area contributed by atoms with Gasteiger partial charge in [-0.2, -0.15) is 0 Å². The number of allylic oxidation sites excluding steroid dienone is 4. The van der Waals surface area contributed by atoms with Crippen molar-refractivity contribution >= 4 is 16.6 Å². The second kappa shape index (κ2) is 10.9. The quantitative estimate of drug-likeness (QED) is 0.270. The SMILES string of the molecule is C=C1C(=CC=C2CCC[C@]3(C)C(=CC)C(O)C[C@@H]23)CC(O[Si](C)(C)C(C)(C)C)CC1O[Si](C)(C)C(C)(C)C. The second-order valence-electron chi connectivity index (χ2n) is 15.6. The highest BCUT2D eigenvalue weighted by Gasteiger charge is 2.50. The molecule has 0 aromatic rings. The number of hydrogen-bond acceptors (Lipinski definition) is 3. The van der Waals surface area contributed by atoms with Crippen LogP contribution in [0.2, 0.25) is 36.3 Å². The Morgan fingerprint density at radius 3 is 2.08 bits per heavy atom. The number of fused-ring (bicyclic) bond motifs is 1. The van der Waals surface area contributed by atoms with Crippen molar-refractivity contribution in [1.29, 1.82) is 0 Å². The maximum Gasteiger partial charge on any atom is 0.192 e. The van der Waals surface area contributed by atoms with Gasteiger partial charge in [-0.05, 0) is 103 Å². The number of aliphatic hydroxyl groups is 1. The zero-order valence-electron chi connectivity index (χ0n) is 26.8. The summed E-state index contributed by atoms with van der Waals surface area (Å²) in [6.07, 6.45) is 12.8. The molecule has 0 heterocycles. The van der Waals surface area contributed by atoms with Crippen LogP contribution in [0, 0.1) is 11.3 Å². The summed E-state index contributed by atoms with van der Waals surface area (Å²) < 4.78 is 14.0. The lowest BCUT2D eigenvalue weighted by Gasteiger charge is -2.45. The van der Waals surface area contributed by atoms with E-state index in [1.165, 1.54) is 29.6 Å². The van der Waals surface area contributed by atoms with E-state index in [1.54, 1.807) is 0 Å². The third-order valence-electron chi connectivity index (χ3n) is 10.9. The molecule has 0 aromatic carbocycles. The van der Waals surface area contributed by atoms with Crippen molar-refractivity contribution in [2.75, 3.05) is 0 Å². The molecule has 5 atom stereocenters. The lowest BCUT2D eigenvalue weighted by atomic mass is 9.65. The zero-order valence-corrected chi connectivity index (χ0v) is 28.8. The van der Waals surface area contributed by atoms with Crippen LogP contribution in [-0.2, 0) is 8.85 Å². The minimum atomic E-state index is -1.97. The average molecular weight is 559 g/mol. The van der Waals surface area contributed by atoms with Gasteiger partial charge in [-0.25, -0.2) is 0 Å². The first-order valence-electron chi connectivity index (χ1n) is 15.0. The number of rotatable bonds is 5. The molecule has 0 radical (unpaired) electrons. The molecule has 1 N–H and O–H groups in total. The van der Waals surface area contributed by atoms with Crippen molar-refractivity contribution < 1.29 is 14.0 Å². The number of aliphatic hydroxyl groups excluding tert-OH is 1. The van der Waals surface area contributed by atoms with Gasteiger partial charge in [-0.3, -0.25) is 0 Å². The van der Waals surface area contributed by atoms with Crippen molar-refractivity contribution in [3.63, 3.8) is 0 Å². The molecule has 3 rings (SSSR count). The van der Waals surface area contributed by atoms with Gasteiger partial charge >= 0.3 is 0 Å². The fraction of sp³-hybridized carbons (Fsp3) is 0.758. The van der Waals surface area contributed by atoms with Crippen LogP contribution in [0.5, 0.6) is 0 Å². The fourth-order valence-electron chi connectivity index (χ4n) is 6.39. The molecule has 0 spiro atoms. The molecule has 3 unspecified atom stereocenters. The van der Waals surface area contributed by atoms with Crippen molar-refractivity contribution in [2.45, 2.75) is 148 Å². The van der Waals surface area contributed by atoms with E-state index < -0.39 is 16.6 Å². The van der Waals surface area contributed by atoms with E-state index >= 15 is 0 Å². The molecule has 0 aromatic heterocycles. The number of hydrogen-bond donors (Lipinski definition) is 1. The zero-order chi connectivity index (χ0) is 28.9. The summed E-state index contributed by atoms with van der Waals surface area (Å²) in [5, 5.41) is 11.1. The molecule has 3 fully saturated rings. The van der Waals surface area contributed by atoms with Gasteiger partial charge in [0.15, 0.2) is 16.6 Å². The maximum atomic E-state index is 10.8. The molecular formula is C33H58O3Si2. The van der Waals surface area contributed by atoms with Crippen LogP contribution >= 0.6 is 0 Å². The highest BCUT2D eigenvalue weighted by molar-refractivity contribution is 6.74. The standard InChI is InChI=1S/C33H58O3Si2/c1-14-27-29(34)22-28-24(16-15-19-33(27,28)9)17-18-25-20-26(35-37(10,11)31(3,4)5)21-30(23(25)2)36-38(12,13)32(6,7)8/h14,17-18,26,28-30,34H,2,15-16,19-22H2,1,3-13H3/t26?,28-,29?,30?,33+/m0/s1. The summed E-state index contributed by atoms with van der Waals surface area (Å²) >= 11 is 0. The summed E-state index contributed by atoms with van der Waals surface area (Å²) in [5.41, 5.74) is 5.24. The molecule has 38 heavy (non-hydrogen) atoms. The highest BCUT2D eigenvalue weighted by Crippen LogP contribution is 2.57. The Morgan fingerprint density at radius 2 is 1.53 bits per heavy atom. The minimum Gasteiger partial charge on any atom is -0.413 e. The van der Waals surface area contributed by atoms with Gasteiger partial charge < -0.3 is 14.0 Å². The predicted octanol–water partition coefficient (Wildman–Crippen LogP) is 9.49. The van der Waals surface area contributed by atoms with Crippen LogP contribution < -0.4 is 0 Å². The van der Waals surface area contributed by atoms with Gasteiger partial charge in [0.25, 0.3) is 0 Å². The van der Waals surface area contributed by atoms with Crippen molar-refractivity contribution in [3.8, 4) is 0 Å². The molecule has 5 heteroatoms. The van der Waals surface area contributed by atoms with Crippen molar-refractivity contribution in [2.24, 2.45) is 11.3 Å². The van der Waals surface area contributed by atoms with E-state index in [0.717, 1.165) is 31.3 Å². The Hall–Kier alpha value is -0.726. The van der Waals surface area contributed by atoms with Crippen molar-refractivity contribution in [1.82, 2.24) is 0 Å². The lowest BCUT2D eigenvalue weighted by Crippen LogP contribution is -2.49. The second-order valence-corrected chi connectivity index (χ2v) is 25.1. The van der Waals surface area contributed by atoms with Crippen LogP contribution in [0.4, 0.5) is 0 Å². The minimum absolute atomic E-state index is 0.00334. The average Bonchev–Trinajstić information content (AvgIpc) is 3.02. The van der Waals surface area contributed by atoms with Crippen LogP contribution in [0.3, 0.4) is 0 Å². The molecule has 3 saturated carbocycles. The first-order valence-corrected chi connectivity index (χ1v) is 20.8. The molecule has 216 valence electrons. The summed E-state index contributed by atoms with van der Waals surface area (Å²) in [6.45, 7) is 32.4. The molecule has 0 bridgehead atoms. The van der Waals surface area contributed by atoms with E-state index in [1.807, 2.05) is 0 Å². The first-order chi connectivity index (χ1) is 17.2.